The van der Waals surface area contributed by atoms with Crippen LogP contribution in [0.25, 0.3) is 21.8 Å². The zero-order chi connectivity index (χ0) is 22.7. The maximum absolute atomic E-state index is 6.11. The van der Waals surface area contributed by atoms with Crippen LogP contribution in [0.1, 0.15) is 19.4 Å². The number of aromatic nitrogens is 2. The molecule has 0 radical (unpaired) electrons. The van der Waals surface area contributed by atoms with Crippen molar-refractivity contribution in [3.8, 4) is 0 Å². The number of halogens is 1. The van der Waals surface area contributed by atoms with E-state index in [9.17, 15) is 0 Å². The Labute approximate surface area is 194 Å². The molecule has 0 saturated heterocycles. The Morgan fingerprint density at radius 2 is 1.34 bits per heavy atom. The number of hydrogen-bond acceptors (Lipinski definition) is 5. The second-order valence-electron chi connectivity index (χ2n) is 8.71. The summed E-state index contributed by atoms with van der Waals surface area (Å²) in [7, 11) is 2.16. The van der Waals surface area contributed by atoms with Crippen LogP contribution >= 0.6 is 11.6 Å². The van der Waals surface area contributed by atoms with Gasteiger partial charge < -0.3 is 15.5 Å². The van der Waals surface area contributed by atoms with Crippen LogP contribution in [0.3, 0.4) is 0 Å². The highest BCUT2D eigenvalue weighted by atomic mass is 35.5. The van der Waals surface area contributed by atoms with Crippen molar-refractivity contribution in [3.63, 3.8) is 0 Å². The van der Waals surface area contributed by atoms with E-state index in [1.807, 2.05) is 36.7 Å². The third-order valence-electron chi connectivity index (χ3n) is 5.58. The number of pyridine rings is 2. The van der Waals surface area contributed by atoms with Gasteiger partial charge in [0.25, 0.3) is 0 Å². The molecule has 0 spiro atoms. The molecular formula is C26H30ClN5. The number of likely N-dealkylation sites (N-methyl/N-ethyl adjacent to an activating group) is 1. The first-order valence-corrected chi connectivity index (χ1v) is 11.4. The fraction of sp³-hybridized carbons (Fsp3) is 0.308. The molecule has 4 aromatic rings. The summed E-state index contributed by atoms with van der Waals surface area (Å²) in [6.07, 6.45) is 3.70. The Hall–Kier alpha value is -2.89. The number of rotatable bonds is 8. The maximum atomic E-state index is 6.11. The summed E-state index contributed by atoms with van der Waals surface area (Å²) in [4.78, 5) is 11.3. The van der Waals surface area contributed by atoms with E-state index in [-0.39, 0.29) is 6.04 Å². The second kappa shape index (κ2) is 9.72. The van der Waals surface area contributed by atoms with Crippen LogP contribution in [0, 0.1) is 6.92 Å². The zero-order valence-corrected chi connectivity index (χ0v) is 19.8. The summed E-state index contributed by atoms with van der Waals surface area (Å²) in [6.45, 7) is 8.36. The van der Waals surface area contributed by atoms with Gasteiger partial charge in [-0.1, -0.05) is 23.7 Å². The molecule has 2 aromatic carbocycles. The molecule has 0 aliphatic heterocycles. The summed E-state index contributed by atoms with van der Waals surface area (Å²) in [5, 5.41) is 10.2. The monoisotopic (exact) mass is 447 g/mol. The Bertz CT molecular complexity index is 1130. The molecule has 2 N–H and O–H groups in total. The van der Waals surface area contributed by atoms with E-state index in [1.165, 1.54) is 5.56 Å². The van der Waals surface area contributed by atoms with E-state index in [0.717, 1.165) is 46.3 Å². The largest absolute Gasteiger partial charge is 0.381 e. The highest BCUT2D eigenvalue weighted by Crippen LogP contribution is 2.25. The highest BCUT2D eigenvalue weighted by Gasteiger charge is 2.13. The van der Waals surface area contributed by atoms with Gasteiger partial charge in [-0.2, -0.15) is 0 Å². The minimum absolute atomic E-state index is 0.276. The van der Waals surface area contributed by atoms with Gasteiger partial charge in [-0.15, -0.1) is 0 Å². The van der Waals surface area contributed by atoms with E-state index in [2.05, 4.69) is 77.6 Å². The molecule has 0 amide bonds. The van der Waals surface area contributed by atoms with Gasteiger partial charge in [-0.05, 0) is 69.8 Å². The third kappa shape index (κ3) is 5.29. The third-order valence-corrected chi connectivity index (χ3v) is 5.81. The average Bonchev–Trinajstić information content (AvgIpc) is 2.73. The molecular weight excluding hydrogens is 418 g/mol. The van der Waals surface area contributed by atoms with Crippen LogP contribution in [-0.2, 0) is 0 Å². The van der Waals surface area contributed by atoms with Gasteiger partial charge in [-0.3, -0.25) is 9.97 Å². The Balaban J connectivity index is 1.36. The van der Waals surface area contributed by atoms with Crippen molar-refractivity contribution >= 4 is 44.8 Å². The number of hydrogen-bond donors (Lipinski definition) is 2. The van der Waals surface area contributed by atoms with E-state index in [1.54, 1.807) is 0 Å². The topological polar surface area (TPSA) is 53.1 Å². The molecule has 0 bridgehead atoms. The Morgan fingerprint density at radius 3 is 1.94 bits per heavy atom. The summed E-state index contributed by atoms with van der Waals surface area (Å²) < 4.78 is 0. The number of aryl methyl sites for hydroxylation is 1. The predicted octanol–water partition coefficient (Wildman–Crippen LogP) is 5.98. The van der Waals surface area contributed by atoms with Gasteiger partial charge >= 0.3 is 0 Å². The molecule has 2 aromatic heterocycles. The highest BCUT2D eigenvalue weighted by molar-refractivity contribution is 6.31. The lowest BCUT2D eigenvalue weighted by Gasteiger charge is -2.27. The average molecular weight is 448 g/mol. The van der Waals surface area contributed by atoms with E-state index in [4.69, 9.17) is 11.6 Å². The smallest absolute Gasteiger partial charge is 0.0737 e. The summed E-state index contributed by atoms with van der Waals surface area (Å²) >= 11 is 6.11. The van der Waals surface area contributed by atoms with Crippen LogP contribution in [0.4, 0.5) is 11.4 Å². The molecule has 0 fully saturated rings. The lowest BCUT2D eigenvalue weighted by Crippen LogP contribution is -2.38. The molecule has 4 rings (SSSR count). The van der Waals surface area contributed by atoms with Gasteiger partial charge in [-0.25, -0.2) is 0 Å². The predicted molar refractivity (Wildman–Crippen MR) is 137 cm³/mol. The number of nitrogens with one attached hydrogen (secondary N) is 2. The molecule has 0 aliphatic carbocycles. The van der Waals surface area contributed by atoms with Gasteiger partial charge in [0.15, 0.2) is 0 Å². The first-order chi connectivity index (χ1) is 15.4. The molecule has 0 unspecified atom stereocenters. The lowest BCUT2D eigenvalue weighted by atomic mass is 10.1. The van der Waals surface area contributed by atoms with E-state index in [0.29, 0.717) is 11.1 Å². The fourth-order valence-electron chi connectivity index (χ4n) is 4.26. The van der Waals surface area contributed by atoms with Crippen molar-refractivity contribution in [1.82, 2.24) is 14.9 Å². The fourth-order valence-corrected chi connectivity index (χ4v) is 4.43. The SMILES string of the molecule is Cc1ccc2c(N[C@@H](C)CN(C)C[C@H](C)Nc3ccnc4cc(Cl)ccc34)ccnc2c1. The summed E-state index contributed by atoms with van der Waals surface area (Å²) in [5.41, 5.74) is 5.36. The van der Waals surface area contributed by atoms with Gasteiger partial charge in [0.05, 0.1) is 11.0 Å². The number of anilines is 2. The normalized spacial score (nSPS) is 13.4. The molecule has 166 valence electrons. The molecule has 2 heterocycles. The summed E-state index contributed by atoms with van der Waals surface area (Å²) in [5.74, 6) is 0. The van der Waals surface area contributed by atoms with Crippen molar-refractivity contribution in [2.24, 2.45) is 0 Å². The van der Waals surface area contributed by atoms with Crippen molar-refractivity contribution in [2.75, 3.05) is 30.8 Å². The van der Waals surface area contributed by atoms with Crippen LogP contribution in [0.15, 0.2) is 60.9 Å². The van der Waals surface area contributed by atoms with Crippen molar-refractivity contribution in [1.29, 1.82) is 0 Å². The Morgan fingerprint density at radius 1 is 0.812 bits per heavy atom. The summed E-state index contributed by atoms with van der Waals surface area (Å²) in [6, 6.07) is 16.9. The second-order valence-corrected chi connectivity index (χ2v) is 9.15. The molecule has 0 saturated carbocycles. The quantitative estimate of drug-likeness (QED) is 0.348. The zero-order valence-electron chi connectivity index (χ0n) is 19.1. The van der Waals surface area contributed by atoms with E-state index < -0.39 is 0 Å². The van der Waals surface area contributed by atoms with Crippen molar-refractivity contribution in [3.05, 3.63) is 71.5 Å². The number of benzene rings is 2. The number of fused-ring (bicyclic) bond motifs is 2. The molecule has 6 heteroatoms. The molecule has 0 aliphatic rings. The Kier molecular flexibility index (Phi) is 6.77. The number of nitrogens with zero attached hydrogens (tertiary/aromatic N) is 3. The minimum Gasteiger partial charge on any atom is -0.381 e. The van der Waals surface area contributed by atoms with E-state index >= 15 is 0 Å². The van der Waals surface area contributed by atoms with Crippen LogP contribution in [0.2, 0.25) is 5.02 Å². The van der Waals surface area contributed by atoms with Gasteiger partial charge in [0.2, 0.25) is 0 Å². The maximum Gasteiger partial charge on any atom is 0.0737 e. The molecule has 32 heavy (non-hydrogen) atoms. The van der Waals surface area contributed by atoms with Gasteiger partial charge in [0.1, 0.15) is 0 Å². The standard InChI is InChI=1S/C26H30ClN5/c1-17-5-7-21-23(9-11-28-25(21)13-17)30-18(2)15-32(4)16-19(3)31-24-10-12-29-26-14-20(27)6-8-22(24)26/h5-14,18-19H,15-16H2,1-4H3,(H,28,30)(H,29,31)/t18-,19-/m0/s1. The van der Waals surface area contributed by atoms with Crippen molar-refractivity contribution in [2.45, 2.75) is 32.9 Å². The lowest BCUT2D eigenvalue weighted by molar-refractivity contribution is 0.314. The van der Waals surface area contributed by atoms with Crippen molar-refractivity contribution < 1.29 is 0 Å². The first-order valence-electron chi connectivity index (χ1n) is 11.0. The molecule has 2 atom stereocenters. The van der Waals surface area contributed by atoms with Crippen LogP contribution < -0.4 is 10.6 Å². The van der Waals surface area contributed by atoms with Crippen LogP contribution in [0.5, 0.6) is 0 Å². The van der Waals surface area contributed by atoms with Gasteiger partial charge in [0, 0.05) is 64.7 Å². The minimum atomic E-state index is 0.276. The first kappa shape index (κ1) is 22.3. The van der Waals surface area contributed by atoms with Crippen LogP contribution in [-0.4, -0.2) is 47.1 Å². The molecule has 5 nitrogen and oxygen atoms in total.